The second-order valence-corrected chi connectivity index (χ2v) is 6.28. The molecule has 1 heterocycles. The van der Waals surface area contributed by atoms with Crippen molar-refractivity contribution in [2.24, 2.45) is 0 Å². The third-order valence-corrected chi connectivity index (χ3v) is 5.10. The Labute approximate surface area is 112 Å². The molecule has 0 aromatic rings. The van der Waals surface area contributed by atoms with Crippen LogP contribution in [0.1, 0.15) is 51.9 Å². The van der Waals surface area contributed by atoms with E-state index in [9.17, 15) is 5.11 Å². The molecule has 2 aliphatic rings. The van der Waals surface area contributed by atoms with E-state index in [1.165, 1.54) is 51.5 Å². The van der Waals surface area contributed by atoms with E-state index in [0.29, 0.717) is 18.7 Å². The Kier molecular flexibility index (Phi) is 5.46. The third kappa shape index (κ3) is 3.46. The summed E-state index contributed by atoms with van der Waals surface area (Å²) in [6.07, 6.45) is 9.62. The fraction of sp³-hybridized carbons (Fsp3) is 1.00. The van der Waals surface area contributed by atoms with Gasteiger partial charge in [0.15, 0.2) is 0 Å². The van der Waals surface area contributed by atoms with Crippen molar-refractivity contribution in [3.05, 3.63) is 0 Å². The molecule has 2 fully saturated rings. The van der Waals surface area contributed by atoms with Gasteiger partial charge in [0.05, 0.1) is 6.61 Å². The molecule has 1 saturated carbocycles. The molecule has 1 N–H and O–H groups in total. The van der Waals surface area contributed by atoms with Crippen LogP contribution in [0.25, 0.3) is 0 Å². The van der Waals surface area contributed by atoms with Gasteiger partial charge in [-0.15, -0.1) is 0 Å². The second-order valence-electron chi connectivity index (χ2n) is 6.28. The Bertz CT molecular complexity index is 239. The van der Waals surface area contributed by atoms with Crippen molar-refractivity contribution in [1.82, 2.24) is 9.80 Å². The van der Waals surface area contributed by atoms with Gasteiger partial charge in [0.2, 0.25) is 0 Å². The first-order valence-corrected chi connectivity index (χ1v) is 7.79. The predicted octanol–water partition coefficient (Wildman–Crippen LogP) is 2.10. The monoisotopic (exact) mass is 254 g/mol. The maximum atomic E-state index is 9.61. The van der Waals surface area contributed by atoms with Crippen molar-refractivity contribution in [1.29, 1.82) is 0 Å². The van der Waals surface area contributed by atoms with Crippen LogP contribution in [0.3, 0.4) is 0 Å². The molecule has 0 amide bonds. The summed E-state index contributed by atoms with van der Waals surface area (Å²) in [6, 6.07) is 1.70. The van der Waals surface area contributed by atoms with Gasteiger partial charge in [0, 0.05) is 24.7 Å². The fourth-order valence-corrected chi connectivity index (χ4v) is 3.55. The highest BCUT2D eigenvalue weighted by molar-refractivity contribution is 4.85. The molecule has 1 aliphatic carbocycles. The first-order chi connectivity index (χ1) is 8.72. The van der Waals surface area contributed by atoms with E-state index in [1.807, 2.05) is 0 Å². The largest absolute Gasteiger partial charge is 0.395 e. The van der Waals surface area contributed by atoms with Gasteiger partial charge in [0.25, 0.3) is 0 Å². The quantitative estimate of drug-likeness (QED) is 0.765. The number of aliphatic hydroxyl groups excluding tert-OH is 1. The van der Waals surface area contributed by atoms with Crippen LogP contribution in [0.5, 0.6) is 0 Å². The molecule has 106 valence electrons. The van der Waals surface area contributed by atoms with Gasteiger partial charge in [-0.25, -0.2) is 0 Å². The molecule has 3 nitrogen and oxygen atoms in total. The van der Waals surface area contributed by atoms with Gasteiger partial charge in [0.1, 0.15) is 0 Å². The van der Waals surface area contributed by atoms with Crippen LogP contribution in [0, 0.1) is 0 Å². The third-order valence-electron chi connectivity index (χ3n) is 5.10. The lowest BCUT2D eigenvalue weighted by Gasteiger charge is -2.33. The van der Waals surface area contributed by atoms with E-state index in [2.05, 4.69) is 23.8 Å². The summed E-state index contributed by atoms with van der Waals surface area (Å²) < 4.78 is 0. The maximum absolute atomic E-state index is 9.61. The molecule has 1 saturated heterocycles. The summed E-state index contributed by atoms with van der Waals surface area (Å²) >= 11 is 0. The van der Waals surface area contributed by atoms with E-state index in [0.717, 1.165) is 12.6 Å². The summed E-state index contributed by atoms with van der Waals surface area (Å²) in [6.45, 7) is 4.86. The van der Waals surface area contributed by atoms with E-state index in [-0.39, 0.29) is 0 Å². The summed E-state index contributed by atoms with van der Waals surface area (Å²) in [4.78, 5) is 5.04. The van der Waals surface area contributed by atoms with E-state index < -0.39 is 0 Å². The molecule has 0 bridgehead atoms. The molecule has 3 heteroatoms. The lowest BCUT2D eigenvalue weighted by atomic mass is 10.1. The highest BCUT2D eigenvalue weighted by atomic mass is 16.3. The first-order valence-electron chi connectivity index (χ1n) is 7.79. The van der Waals surface area contributed by atoms with Gasteiger partial charge in [-0.1, -0.05) is 25.7 Å². The van der Waals surface area contributed by atoms with Gasteiger partial charge in [-0.05, 0) is 39.8 Å². The molecule has 0 spiro atoms. The second kappa shape index (κ2) is 6.88. The molecular weight excluding hydrogens is 224 g/mol. The van der Waals surface area contributed by atoms with Crippen LogP contribution in [-0.2, 0) is 0 Å². The highest BCUT2D eigenvalue weighted by Crippen LogP contribution is 2.25. The zero-order valence-corrected chi connectivity index (χ0v) is 12.1. The summed E-state index contributed by atoms with van der Waals surface area (Å²) in [5, 5.41) is 9.61. The van der Waals surface area contributed by atoms with Crippen LogP contribution >= 0.6 is 0 Å². The van der Waals surface area contributed by atoms with Crippen molar-refractivity contribution in [2.45, 2.75) is 70.0 Å². The summed E-state index contributed by atoms with van der Waals surface area (Å²) in [7, 11) is 2.17. The number of aliphatic hydroxyl groups is 1. The van der Waals surface area contributed by atoms with Gasteiger partial charge in [-0.2, -0.15) is 0 Å². The van der Waals surface area contributed by atoms with Crippen LogP contribution in [0.4, 0.5) is 0 Å². The Morgan fingerprint density at radius 3 is 2.33 bits per heavy atom. The molecule has 0 radical (unpaired) electrons. The summed E-state index contributed by atoms with van der Waals surface area (Å²) in [5.41, 5.74) is 0. The lowest BCUT2D eigenvalue weighted by Crippen LogP contribution is -2.46. The maximum Gasteiger partial charge on any atom is 0.0599 e. The lowest BCUT2D eigenvalue weighted by molar-refractivity contribution is 0.0954. The fourth-order valence-electron chi connectivity index (χ4n) is 3.55. The Hall–Kier alpha value is -0.120. The average molecular weight is 254 g/mol. The normalized spacial score (nSPS) is 34.2. The molecule has 1 aliphatic heterocycles. The zero-order chi connectivity index (χ0) is 13.0. The Morgan fingerprint density at radius 1 is 1.06 bits per heavy atom. The first kappa shape index (κ1) is 14.3. The van der Waals surface area contributed by atoms with Crippen molar-refractivity contribution >= 4 is 0 Å². The van der Waals surface area contributed by atoms with Crippen molar-refractivity contribution in [3.8, 4) is 0 Å². The van der Waals surface area contributed by atoms with Gasteiger partial charge >= 0.3 is 0 Å². The van der Waals surface area contributed by atoms with Gasteiger partial charge in [-0.3, -0.25) is 9.80 Å². The number of hydrogen-bond acceptors (Lipinski definition) is 3. The predicted molar refractivity (Wildman–Crippen MR) is 75.8 cm³/mol. The number of nitrogens with zero attached hydrogens (tertiary/aromatic N) is 2. The number of likely N-dealkylation sites (N-methyl/N-ethyl adjacent to an activating group) is 1. The SMILES string of the molecule is CC1CCN(C2CCCCCC2)CC(CO)N1C. The standard InChI is InChI=1S/C15H30N2O/c1-13-9-10-17(11-15(12-18)16(13)2)14-7-5-3-4-6-8-14/h13-15,18H,3-12H2,1-2H3. The van der Waals surface area contributed by atoms with Crippen molar-refractivity contribution in [2.75, 3.05) is 26.7 Å². The zero-order valence-electron chi connectivity index (χ0n) is 12.1. The molecular formula is C15H30N2O. The van der Waals surface area contributed by atoms with Crippen molar-refractivity contribution in [3.63, 3.8) is 0 Å². The number of rotatable bonds is 2. The molecule has 0 aromatic carbocycles. The van der Waals surface area contributed by atoms with E-state index in [4.69, 9.17) is 0 Å². The minimum Gasteiger partial charge on any atom is -0.395 e. The summed E-state index contributed by atoms with van der Waals surface area (Å²) in [5.74, 6) is 0. The average Bonchev–Trinajstić information content (AvgIpc) is 2.72. The minimum atomic E-state index is 0.296. The van der Waals surface area contributed by atoms with Crippen LogP contribution in [0.2, 0.25) is 0 Å². The molecule has 0 aromatic heterocycles. The van der Waals surface area contributed by atoms with E-state index in [1.54, 1.807) is 0 Å². The van der Waals surface area contributed by atoms with Crippen LogP contribution < -0.4 is 0 Å². The molecule has 2 unspecified atom stereocenters. The van der Waals surface area contributed by atoms with Gasteiger partial charge < -0.3 is 5.11 Å². The smallest absolute Gasteiger partial charge is 0.0599 e. The molecule has 2 rings (SSSR count). The minimum absolute atomic E-state index is 0.296. The topological polar surface area (TPSA) is 26.7 Å². The van der Waals surface area contributed by atoms with Crippen LogP contribution in [0.15, 0.2) is 0 Å². The molecule has 2 atom stereocenters. The number of hydrogen-bond donors (Lipinski definition) is 1. The van der Waals surface area contributed by atoms with Crippen molar-refractivity contribution < 1.29 is 5.11 Å². The molecule has 18 heavy (non-hydrogen) atoms. The van der Waals surface area contributed by atoms with E-state index >= 15 is 0 Å². The highest BCUT2D eigenvalue weighted by Gasteiger charge is 2.29. The van der Waals surface area contributed by atoms with Crippen LogP contribution in [-0.4, -0.2) is 59.8 Å². The Balaban J connectivity index is 1.98. The Morgan fingerprint density at radius 2 is 1.72 bits per heavy atom.